The molecule has 2 aromatic carbocycles. The molecule has 1 aliphatic rings. The largest absolute Gasteiger partial charge is 0.392 e. The molecule has 5 heteroatoms. The van der Waals surface area contributed by atoms with E-state index < -0.39 is 17.9 Å². The van der Waals surface area contributed by atoms with Gasteiger partial charge in [0, 0.05) is 6.54 Å². The van der Waals surface area contributed by atoms with Gasteiger partial charge in [-0.25, -0.2) is 4.39 Å². The normalized spacial score (nSPS) is 19.2. The van der Waals surface area contributed by atoms with Gasteiger partial charge in [-0.2, -0.15) is 0 Å². The summed E-state index contributed by atoms with van der Waals surface area (Å²) in [7, 11) is 0. The lowest BCUT2D eigenvalue weighted by Crippen LogP contribution is -2.28. The molecule has 0 aromatic heterocycles. The number of hydrogen-bond acceptors (Lipinski definition) is 3. The number of aliphatic hydroxyl groups is 1. The number of aliphatic hydroxyl groups excluding tert-OH is 1. The zero-order valence-corrected chi connectivity index (χ0v) is 13.3. The average molecular weight is 328 g/mol. The van der Waals surface area contributed by atoms with Gasteiger partial charge in [0.25, 0.3) is 0 Å². The Bertz CT molecular complexity index is 748. The second-order valence-corrected chi connectivity index (χ2v) is 6.24. The number of primary amides is 1. The van der Waals surface area contributed by atoms with Crippen molar-refractivity contribution >= 4 is 5.91 Å². The molecule has 0 heterocycles. The maximum absolute atomic E-state index is 13.1. The number of nitrogens with two attached hydrogens (primary N) is 1. The predicted molar refractivity (Wildman–Crippen MR) is 89.9 cm³/mol. The number of carbonyl (C=O) groups excluding carboxylic acids is 1. The molecule has 1 amide bonds. The van der Waals surface area contributed by atoms with Crippen LogP contribution in [-0.4, -0.2) is 23.7 Å². The van der Waals surface area contributed by atoms with Crippen molar-refractivity contribution in [3.05, 3.63) is 70.5 Å². The van der Waals surface area contributed by atoms with E-state index in [1.165, 1.54) is 12.1 Å². The van der Waals surface area contributed by atoms with Gasteiger partial charge in [-0.3, -0.25) is 4.79 Å². The van der Waals surface area contributed by atoms with Crippen LogP contribution in [0.15, 0.2) is 42.5 Å². The Balaban J connectivity index is 1.58. The van der Waals surface area contributed by atoms with Crippen molar-refractivity contribution in [1.82, 2.24) is 5.32 Å². The van der Waals surface area contributed by atoms with Crippen LogP contribution in [-0.2, 0) is 24.2 Å². The molecule has 2 atom stereocenters. The maximum atomic E-state index is 13.1. The maximum Gasteiger partial charge on any atom is 0.227 e. The molecule has 0 saturated carbocycles. The predicted octanol–water partition coefficient (Wildman–Crippen LogP) is 1.64. The van der Waals surface area contributed by atoms with Crippen molar-refractivity contribution in [3.8, 4) is 0 Å². The van der Waals surface area contributed by atoms with E-state index in [1.54, 1.807) is 6.07 Å². The van der Waals surface area contributed by atoms with Gasteiger partial charge in [0.05, 0.1) is 12.0 Å². The molecule has 0 radical (unpaired) electrons. The van der Waals surface area contributed by atoms with Crippen molar-refractivity contribution in [3.63, 3.8) is 0 Å². The van der Waals surface area contributed by atoms with Crippen LogP contribution in [0.2, 0.25) is 0 Å². The first kappa shape index (κ1) is 16.6. The van der Waals surface area contributed by atoms with E-state index in [0.29, 0.717) is 13.0 Å². The summed E-state index contributed by atoms with van der Waals surface area (Å²) in [5.74, 6) is -1.33. The van der Waals surface area contributed by atoms with Crippen LogP contribution < -0.4 is 11.1 Å². The van der Waals surface area contributed by atoms with Gasteiger partial charge >= 0.3 is 0 Å². The molecule has 1 aliphatic carbocycles. The van der Waals surface area contributed by atoms with Crippen LogP contribution >= 0.6 is 0 Å². The van der Waals surface area contributed by atoms with Crippen LogP contribution in [0.1, 0.15) is 28.2 Å². The van der Waals surface area contributed by atoms with Crippen molar-refractivity contribution in [2.45, 2.75) is 31.4 Å². The van der Waals surface area contributed by atoms with Crippen molar-refractivity contribution in [2.24, 2.45) is 5.73 Å². The van der Waals surface area contributed by atoms with Crippen LogP contribution in [0.25, 0.3) is 0 Å². The summed E-state index contributed by atoms with van der Waals surface area (Å²) in [6.45, 7) is 1.37. The highest BCUT2D eigenvalue weighted by molar-refractivity contribution is 5.84. The molecule has 4 N–H and O–H groups in total. The SMILES string of the molecule is NC(=O)[C@@H]1c2cc(CNCCc3cccc(F)c3)ccc2C[C@H]1O. The van der Waals surface area contributed by atoms with Crippen molar-refractivity contribution < 1.29 is 14.3 Å². The lowest BCUT2D eigenvalue weighted by Gasteiger charge is -2.12. The zero-order chi connectivity index (χ0) is 17.1. The van der Waals surface area contributed by atoms with Crippen LogP contribution in [0.5, 0.6) is 0 Å². The molecule has 0 unspecified atom stereocenters. The number of hydrogen-bond donors (Lipinski definition) is 3. The number of nitrogens with one attached hydrogen (secondary N) is 1. The molecular weight excluding hydrogens is 307 g/mol. The smallest absolute Gasteiger partial charge is 0.227 e. The summed E-state index contributed by atoms with van der Waals surface area (Å²) >= 11 is 0. The van der Waals surface area contributed by atoms with E-state index in [-0.39, 0.29) is 5.82 Å². The second kappa shape index (κ2) is 7.11. The summed E-state index contributed by atoms with van der Waals surface area (Å²) in [5.41, 5.74) is 9.21. The minimum absolute atomic E-state index is 0.220. The number of fused-ring (bicyclic) bond motifs is 1. The summed E-state index contributed by atoms with van der Waals surface area (Å²) in [6.07, 6.45) is 0.482. The molecule has 0 aliphatic heterocycles. The first-order valence-electron chi connectivity index (χ1n) is 8.09. The van der Waals surface area contributed by atoms with Crippen molar-refractivity contribution in [1.29, 1.82) is 0 Å². The Labute approximate surface area is 140 Å². The van der Waals surface area contributed by atoms with Crippen molar-refractivity contribution in [2.75, 3.05) is 6.54 Å². The number of carbonyl (C=O) groups is 1. The minimum Gasteiger partial charge on any atom is -0.392 e. The van der Waals surface area contributed by atoms with Crippen LogP contribution in [0.4, 0.5) is 4.39 Å². The molecule has 0 saturated heterocycles. The summed E-state index contributed by atoms with van der Waals surface area (Å²) in [5, 5.41) is 13.3. The molecule has 4 nitrogen and oxygen atoms in total. The van der Waals surface area contributed by atoms with E-state index >= 15 is 0 Å². The molecule has 0 spiro atoms. The Morgan fingerprint density at radius 3 is 2.83 bits per heavy atom. The number of rotatable bonds is 6. The Hall–Kier alpha value is -2.24. The first-order chi connectivity index (χ1) is 11.5. The van der Waals surface area contributed by atoms with E-state index in [9.17, 15) is 14.3 Å². The average Bonchev–Trinajstić information content (AvgIpc) is 2.87. The fraction of sp³-hybridized carbons (Fsp3) is 0.316. The Morgan fingerprint density at radius 1 is 1.25 bits per heavy atom. The second-order valence-electron chi connectivity index (χ2n) is 6.24. The summed E-state index contributed by atoms with van der Waals surface area (Å²) < 4.78 is 13.1. The van der Waals surface area contributed by atoms with E-state index in [2.05, 4.69) is 5.32 Å². The summed E-state index contributed by atoms with van der Waals surface area (Å²) in [4.78, 5) is 11.5. The highest BCUT2D eigenvalue weighted by Gasteiger charge is 2.35. The molecule has 126 valence electrons. The lowest BCUT2D eigenvalue weighted by atomic mass is 9.97. The van der Waals surface area contributed by atoms with Gasteiger partial charge in [0.1, 0.15) is 5.82 Å². The Kier molecular flexibility index (Phi) is 4.92. The quantitative estimate of drug-likeness (QED) is 0.706. The third kappa shape index (κ3) is 3.63. The molecule has 0 fully saturated rings. The van der Waals surface area contributed by atoms with Gasteiger partial charge in [0.2, 0.25) is 5.91 Å². The zero-order valence-electron chi connectivity index (χ0n) is 13.3. The van der Waals surface area contributed by atoms with Gasteiger partial charge < -0.3 is 16.2 Å². The topological polar surface area (TPSA) is 75.4 Å². The standard InChI is InChI=1S/C19H21FN2O2/c20-15-3-1-2-12(8-15)6-7-22-11-13-4-5-14-10-17(23)18(19(21)24)16(14)9-13/h1-5,8-9,17-18,22-23H,6-7,10-11H2,(H2,21,24)/t17-,18-/m1/s1. The molecule has 3 rings (SSSR count). The van der Waals surface area contributed by atoms with Gasteiger partial charge in [-0.05, 0) is 53.8 Å². The third-order valence-electron chi connectivity index (χ3n) is 4.47. The number of benzene rings is 2. The van der Waals surface area contributed by atoms with E-state index in [0.717, 1.165) is 35.2 Å². The lowest BCUT2D eigenvalue weighted by molar-refractivity contribution is -0.121. The minimum atomic E-state index is -0.728. The highest BCUT2D eigenvalue weighted by Crippen LogP contribution is 2.33. The molecule has 0 bridgehead atoms. The highest BCUT2D eigenvalue weighted by atomic mass is 19.1. The molecule has 2 aromatic rings. The monoisotopic (exact) mass is 328 g/mol. The van der Waals surface area contributed by atoms with Gasteiger partial charge in [-0.15, -0.1) is 0 Å². The molecule has 24 heavy (non-hydrogen) atoms. The van der Waals surface area contributed by atoms with E-state index in [4.69, 9.17) is 5.73 Å². The summed E-state index contributed by atoms with van der Waals surface area (Å²) in [6, 6.07) is 12.5. The number of amides is 1. The number of halogens is 1. The van der Waals surface area contributed by atoms with Gasteiger partial charge in [0.15, 0.2) is 0 Å². The van der Waals surface area contributed by atoms with E-state index in [1.807, 2.05) is 24.3 Å². The Morgan fingerprint density at radius 2 is 2.08 bits per heavy atom. The first-order valence-corrected chi connectivity index (χ1v) is 8.09. The molecular formula is C19H21FN2O2. The fourth-order valence-corrected chi connectivity index (χ4v) is 3.28. The van der Waals surface area contributed by atoms with Crippen LogP contribution in [0, 0.1) is 5.82 Å². The van der Waals surface area contributed by atoms with Gasteiger partial charge in [-0.1, -0.05) is 30.3 Å². The third-order valence-corrected chi connectivity index (χ3v) is 4.47. The van der Waals surface area contributed by atoms with Crippen LogP contribution in [0.3, 0.4) is 0 Å². The fourth-order valence-electron chi connectivity index (χ4n) is 3.28.